The largest absolute Gasteiger partial charge is 0.325 e. The van der Waals surface area contributed by atoms with Crippen LogP contribution in [0.15, 0.2) is 35.6 Å². The van der Waals surface area contributed by atoms with Gasteiger partial charge in [0.05, 0.1) is 15.3 Å². The summed E-state index contributed by atoms with van der Waals surface area (Å²) in [5.41, 5.74) is 3.43. The Morgan fingerprint density at radius 2 is 2.00 bits per heavy atom. The second-order valence-corrected chi connectivity index (χ2v) is 7.90. The summed E-state index contributed by atoms with van der Waals surface area (Å²) in [4.78, 5) is 12.5. The smallest absolute Gasteiger partial charge is 0.237 e. The zero-order chi connectivity index (χ0) is 18.1. The summed E-state index contributed by atoms with van der Waals surface area (Å²) in [6.07, 6.45) is 1.68. The predicted octanol–water partition coefficient (Wildman–Crippen LogP) is 4.77. The molecule has 0 aliphatic heterocycles. The van der Waals surface area contributed by atoms with Crippen LogP contribution in [0, 0.1) is 13.8 Å². The summed E-state index contributed by atoms with van der Waals surface area (Å²) in [6.45, 7) is 5.77. The topological polar surface area (TPSA) is 59.3 Å². The van der Waals surface area contributed by atoms with Gasteiger partial charge in [0.15, 0.2) is 10.8 Å². The van der Waals surface area contributed by atoms with Gasteiger partial charge in [0.1, 0.15) is 0 Å². The maximum absolute atomic E-state index is 12.5. The average Bonchev–Trinajstić information content (AvgIpc) is 2.94. The third-order valence-electron chi connectivity index (χ3n) is 3.70. The Morgan fingerprint density at radius 3 is 2.76 bits per heavy atom. The van der Waals surface area contributed by atoms with Gasteiger partial charge in [-0.1, -0.05) is 47.1 Å². The molecule has 1 N–H and O–H groups in total. The monoisotopic (exact) mass is 394 g/mol. The van der Waals surface area contributed by atoms with Gasteiger partial charge < -0.3 is 5.32 Å². The fourth-order valence-corrected chi connectivity index (χ4v) is 3.63. The molecule has 2 heterocycles. The number of carbonyl (C=O) groups excluding carboxylic acids is 1. The summed E-state index contributed by atoms with van der Waals surface area (Å²) in [7, 11) is 0. The fourth-order valence-electron chi connectivity index (χ4n) is 2.30. The molecule has 0 aliphatic carbocycles. The molecule has 3 aromatic rings. The Bertz CT molecular complexity index is 957. The van der Waals surface area contributed by atoms with E-state index in [2.05, 4.69) is 15.5 Å². The van der Waals surface area contributed by atoms with Gasteiger partial charge in [-0.05, 0) is 44.0 Å². The van der Waals surface area contributed by atoms with Crippen LogP contribution in [0.1, 0.15) is 18.1 Å². The van der Waals surface area contributed by atoms with Crippen LogP contribution in [-0.2, 0) is 4.79 Å². The van der Waals surface area contributed by atoms with Gasteiger partial charge in [0.25, 0.3) is 0 Å². The van der Waals surface area contributed by atoms with E-state index in [1.807, 2.05) is 39.0 Å². The minimum atomic E-state index is -0.370. The van der Waals surface area contributed by atoms with Crippen LogP contribution in [0.3, 0.4) is 0 Å². The average molecular weight is 395 g/mol. The number of hydrogen-bond acceptors (Lipinski definition) is 4. The second-order valence-electron chi connectivity index (χ2n) is 5.75. The van der Waals surface area contributed by atoms with Crippen LogP contribution >= 0.6 is 35.0 Å². The van der Waals surface area contributed by atoms with Gasteiger partial charge in [-0.2, -0.15) is 0 Å². The van der Waals surface area contributed by atoms with Crippen molar-refractivity contribution >= 4 is 52.2 Å². The van der Waals surface area contributed by atoms with Gasteiger partial charge in [0.2, 0.25) is 5.91 Å². The number of anilines is 1. The molecule has 3 rings (SSSR count). The molecule has 1 aromatic carbocycles. The highest BCUT2D eigenvalue weighted by atomic mass is 35.5. The number of aromatic nitrogens is 3. The first-order valence-corrected chi connectivity index (χ1v) is 9.23. The number of thioether (sulfide) groups is 1. The number of aryl methyl sites for hydroxylation is 2. The third-order valence-corrected chi connectivity index (χ3v) is 5.24. The lowest BCUT2D eigenvalue weighted by atomic mass is 10.1. The number of pyridine rings is 1. The first-order chi connectivity index (χ1) is 11.8. The number of halogens is 2. The molecule has 0 radical (unpaired) electrons. The summed E-state index contributed by atoms with van der Waals surface area (Å²) >= 11 is 13.5. The molecule has 8 heteroatoms. The van der Waals surface area contributed by atoms with Crippen LogP contribution in [-0.4, -0.2) is 25.8 Å². The van der Waals surface area contributed by atoms with E-state index in [1.54, 1.807) is 16.7 Å². The van der Waals surface area contributed by atoms with E-state index < -0.39 is 0 Å². The molecule has 0 saturated heterocycles. The number of carbonyl (C=O) groups is 1. The fraction of sp³-hybridized carbons (Fsp3) is 0.235. The van der Waals surface area contributed by atoms with Crippen LogP contribution in [0.5, 0.6) is 0 Å². The highest BCUT2D eigenvalue weighted by Crippen LogP contribution is 2.28. The molecule has 0 saturated carbocycles. The quantitative estimate of drug-likeness (QED) is 0.647. The molecule has 5 nitrogen and oxygen atoms in total. The van der Waals surface area contributed by atoms with Crippen molar-refractivity contribution in [1.82, 2.24) is 14.6 Å². The van der Waals surface area contributed by atoms with Crippen LogP contribution in [0.25, 0.3) is 5.65 Å². The minimum absolute atomic E-state index is 0.108. The molecule has 0 spiro atoms. The molecule has 0 fully saturated rings. The normalized spacial score (nSPS) is 12.4. The Morgan fingerprint density at radius 1 is 1.24 bits per heavy atom. The maximum atomic E-state index is 12.5. The van der Waals surface area contributed by atoms with Crippen LogP contribution < -0.4 is 5.32 Å². The van der Waals surface area contributed by atoms with E-state index in [0.29, 0.717) is 20.8 Å². The molecule has 0 aliphatic rings. The maximum Gasteiger partial charge on any atom is 0.237 e. The number of rotatable bonds is 4. The molecule has 1 atom stereocenters. The number of fused-ring (bicyclic) bond motifs is 1. The number of hydrogen-bond donors (Lipinski definition) is 1. The predicted molar refractivity (Wildman–Crippen MR) is 103 cm³/mol. The molecule has 25 heavy (non-hydrogen) atoms. The summed E-state index contributed by atoms with van der Waals surface area (Å²) in [6, 6.07) is 7.56. The van der Waals surface area contributed by atoms with Crippen molar-refractivity contribution in [1.29, 1.82) is 0 Å². The van der Waals surface area contributed by atoms with Gasteiger partial charge in [-0.3, -0.25) is 9.20 Å². The van der Waals surface area contributed by atoms with Crippen molar-refractivity contribution in [2.75, 3.05) is 5.32 Å². The molecule has 0 unspecified atom stereocenters. The van der Waals surface area contributed by atoms with Crippen molar-refractivity contribution < 1.29 is 4.79 Å². The van der Waals surface area contributed by atoms with E-state index >= 15 is 0 Å². The second kappa shape index (κ2) is 7.23. The SMILES string of the molecule is Cc1ccc(C)c(NC(=O)[C@H](C)Sc2nnc3c(Cl)cc(Cl)cn23)c1. The lowest BCUT2D eigenvalue weighted by Crippen LogP contribution is -2.23. The zero-order valence-electron chi connectivity index (χ0n) is 13.9. The Kier molecular flexibility index (Phi) is 5.22. The summed E-state index contributed by atoms with van der Waals surface area (Å²) in [5.74, 6) is -0.108. The Hall–Kier alpha value is -1.76. The molecule has 2 aromatic heterocycles. The van der Waals surface area contributed by atoms with Gasteiger partial charge in [0, 0.05) is 11.9 Å². The Labute approximate surface area is 159 Å². The van der Waals surface area contributed by atoms with E-state index in [1.165, 1.54) is 11.8 Å². The number of nitrogens with one attached hydrogen (secondary N) is 1. The summed E-state index contributed by atoms with van der Waals surface area (Å²) < 4.78 is 1.69. The van der Waals surface area contributed by atoms with Crippen LogP contribution in [0.2, 0.25) is 10.0 Å². The first kappa shape index (κ1) is 18.0. The third kappa shape index (κ3) is 3.92. The van der Waals surface area contributed by atoms with Crippen molar-refractivity contribution in [3.63, 3.8) is 0 Å². The molecular weight excluding hydrogens is 379 g/mol. The molecule has 0 bridgehead atoms. The standard InChI is InChI=1S/C17H16Cl2N4OS/c1-9-4-5-10(2)14(6-9)20-16(24)11(3)25-17-22-21-15-13(19)7-12(18)8-23(15)17/h4-8,11H,1-3H3,(H,20,24)/t11-/m0/s1. The van der Waals surface area contributed by atoms with Crippen molar-refractivity contribution in [3.05, 3.63) is 51.6 Å². The van der Waals surface area contributed by atoms with Crippen LogP contribution in [0.4, 0.5) is 5.69 Å². The minimum Gasteiger partial charge on any atom is -0.325 e. The zero-order valence-corrected chi connectivity index (χ0v) is 16.2. The van der Waals surface area contributed by atoms with E-state index in [-0.39, 0.29) is 11.2 Å². The Balaban J connectivity index is 1.79. The van der Waals surface area contributed by atoms with E-state index in [9.17, 15) is 4.79 Å². The lowest BCUT2D eigenvalue weighted by Gasteiger charge is -2.13. The first-order valence-electron chi connectivity index (χ1n) is 7.59. The highest BCUT2D eigenvalue weighted by Gasteiger charge is 2.19. The molecular formula is C17H16Cl2N4OS. The number of benzene rings is 1. The van der Waals surface area contributed by atoms with Gasteiger partial charge in [-0.25, -0.2) is 0 Å². The van der Waals surface area contributed by atoms with E-state index in [4.69, 9.17) is 23.2 Å². The number of nitrogens with zero attached hydrogens (tertiary/aromatic N) is 3. The van der Waals surface area contributed by atoms with Gasteiger partial charge >= 0.3 is 0 Å². The van der Waals surface area contributed by atoms with Crippen molar-refractivity contribution in [3.8, 4) is 0 Å². The van der Waals surface area contributed by atoms with E-state index in [0.717, 1.165) is 16.8 Å². The number of amides is 1. The van der Waals surface area contributed by atoms with Gasteiger partial charge in [-0.15, -0.1) is 10.2 Å². The van der Waals surface area contributed by atoms with Crippen molar-refractivity contribution in [2.45, 2.75) is 31.2 Å². The molecule has 1 amide bonds. The summed E-state index contributed by atoms with van der Waals surface area (Å²) in [5, 5.41) is 12.2. The molecule has 130 valence electrons. The highest BCUT2D eigenvalue weighted by molar-refractivity contribution is 8.00. The lowest BCUT2D eigenvalue weighted by molar-refractivity contribution is -0.115. The van der Waals surface area contributed by atoms with Crippen molar-refractivity contribution in [2.24, 2.45) is 0 Å².